The van der Waals surface area contributed by atoms with Gasteiger partial charge in [-0.3, -0.25) is 4.68 Å². The van der Waals surface area contributed by atoms with Crippen molar-refractivity contribution in [3.63, 3.8) is 0 Å². The molecule has 0 amide bonds. The van der Waals surface area contributed by atoms with Crippen molar-refractivity contribution < 1.29 is 4.42 Å². The van der Waals surface area contributed by atoms with Gasteiger partial charge in [0.15, 0.2) is 4.67 Å². The van der Waals surface area contributed by atoms with Crippen molar-refractivity contribution in [1.82, 2.24) is 14.8 Å². The lowest BCUT2D eigenvalue weighted by Crippen LogP contribution is -2.17. The van der Waals surface area contributed by atoms with Crippen molar-refractivity contribution in [2.45, 2.75) is 32.4 Å². The topological polar surface area (TPSA) is 69.9 Å². The summed E-state index contributed by atoms with van der Waals surface area (Å²) in [5.74, 6) is 0.910. The third kappa shape index (κ3) is 2.76. The summed E-state index contributed by atoms with van der Waals surface area (Å²) in [5, 5.41) is 4.18. The van der Waals surface area contributed by atoms with Crippen LogP contribution in [-0.4, -0.2) is 14.8 Å². The Kier molecular flexibility index (Phi) is 3.96. The molecule has 1 unspecified atom stereocenters. The number of halogens is 1. The highest BCUT2D eigenvalue weighted by Crippen LogP contribution is 2.24. The molecular weight excluding hydrogens is 284 g/mol. The largest absolute Gasteiger partial charge is 0.457 e. The first-order valence-electron chi connectivity index (χ1n) is 5.57. The van der Waals surface area contributed by atoms with Crippen LogP contribution in [0, 0.1) is 0 Å². The second-order valence-electron chi connectivity index (χ2n) is 3.86. The molecule has 0 fully saturated rings. The third-order valence-corrected chi connectivity index (χ3v) is 3.22. The van der Waals surface area contributed by atoms with Crippen molar-refractivity contribution in [1.29, 1.82) is 0 Å². The molecule has 2 aromatic heterocycles. The highest BCUT2D eigenvalue weighted by molar-refractivity contribution is 9.10. The van der Waals surface area contributed by atoms with Crippen LogP contribution in [0.2, 0.25) is 0 Å². The number of nitrogens with zero attached hydrogens (tertiary/aromatic N) is 3. The summed E-state index contributed by atoms with van der Waals surface area (Å²) in [4.78, 5) is 4.24. The van der Waals surface area contributed by atoms with Gasteiger partial charge in [0.25, 0.3) is 0 Å². The minimum atomic E-state index is -0.136. The zero-order valence-electron chi connectivity index (χ0n) is 9.64. The summed E-state index contributed by atoms with van der Waals surface area (Å²) in [5.41, 5.74) is 7.08. The molecule has 17 heavy (non-hydrogen) atoms. The summed E-state index contributed by atoms with van der Waals surface area (Å²) in [6, 6.07) is 1.73. The molecule has 0 aromatic carbocycles. The predicted octanol–water partition coefficient (Wildman–Crippen LogP) is 2.29. The third-order valence-electron chi connectivity index (χ3n) is 2.58. The molecule has 0 spiro atoms. The molecular formula is C11H15BrN4O. The highest BCUT2D eigenvalue weighted by atomic mass is 79.9. The van der Waals surface area contributed by atoms with E-state index in [2.05, 4.69) is 32.9 Å². The Balaban J connectivity index is 2.10. The van der Waals surface area contributed by atoms with E-state index in [1.807, 2.05) is 10.7 Å². The summed E-state index contributed by atoms with van der Waals surface area (Å²) in [6.07, 6.45) is 4.87. The Morgan fingerprint density at radius 3 is 3.06 bits per heavy atom. The van der Waals surface area contributed by atoms with Gasteiger partial charge in [-0.2, -0.15) is 5.10 Å². The molecule has 0 aliphatic carbocycles. The minimum absolute atomic E-state index is 0.136. The Hall–Kier alpha value is -1.14. The second kappa shape index (κ2) is 5.46. The van der Waals surface area contributed by atoms with E-state index in [4.69, 9.17) is 10.2 Å². The normalized spacial score (nSPS) is 12.9. The molecule has 0 bridgehead atoms. The Morgan fingerprint density at radius 1 is 1.59 bits per heavy atom. The van der Waals surface area contributed by atoms with E-state index >= 15 is 0 Å². The molecule has 2 heterocycles. The molecule has 92 valence electrons. The Bertz CT molecular complexity index is 479. The smallest absolute Gasteiger partial charge is 0.173 e. The first-order chi connectivity index (χ1) is 8.22. The highest BCUT2D eigenvalue weighted by Gasteiger charge is 2.15. The molecule has 2 N–H and O–H groups in total. The average molecular weight is 299 g/mol. The molecule has 2 aromatic rings. The van der Waals surface area contributed by atoms with Crippen LogP contribution in [0.1, 0.15) is 30.8 Å². The zero-order chi connectivity index (χ0) is 12.3. The molecule has 0 saturated carbocycles. The van der Waals surface area contributed by atoms with Crippen LogP contribution in [0.5, 0.6) is 0 Å². The summed E-state index contributed by atoms with van der Waals surface area (Å²) in [6.45, 7) is 2.98. The average Bonchev–Trinajstić information content (AvgIpc) is 2.89. The summed E-state index contributed by atoms with van der Waals surface area (Å²) in [7, 11) is 0. The van der Waals surface area contributed by atoms with Crippen molar-refractivity contribution in [2.24, 2.45) is 5.73 Å². The first kappa shape index (κ1) is 12.3. The number of aromatic nitrogens is 3. The van der Waals surface area contributed by atoms with Gasteiger partial charge in [-0.15, -0.1) is 0 Å². The fourth-order valence-electron chi connectivity index (χ4n) is 1.72. The first-order valence-corrected chi connectivity index (χ1v) is 6.36. The fraction of sp³-hybridized carbons (Fsp3) is 0.455. The van der Waals surface area contributed by atoms with Crippen LogP contribution in [0.3, 0.4) is 0 Å². The van der Waals surface area contributed by atoms with Gasteiger partial charge in [-0.05, 0) is 28.4 Å². The van der Waals surface area contributed by atoms with Crippen LogP contribution in [0.4, 0.5) is 0 Å². The van der Waals surface area contributed by atoms with Crippen molar-refractivity contribution in [3.05, 3.63) is 34.7 Å². The van der Waals surface area contributed by atoms with Gasteiger partial charge in [-0.25, -0.2) is 4.98 Å². The van der Waals surface area contributed by atoms with E-state index in [0.29, 0.717) is 11.1 Å². The summed E-state index contributed by atoms with van der Waals surface area (Å²) >= 11 is 3.33. The number of nitrogens with two attached hydrogens (primary N) is 1. The molecule has 0 saturated heterocycles. The molecule has 5 nitrogen and oxygen atoms in total. The SMILES string of the molecule is CCCn1ncnc1CC(N)c1ccoc1Br. The zero-order valence-corrected chi connectivity index (χ0v) is 11.2. The maximum atomic E-state index is 6.13. The number of hydrogen-bond donors (Lipinski definition) is 1. The maximum absolute atomic E-state index is 6.13. The van der Waals surface area contributed by atoms with Gasteiger partial charge in [0.1, 0.15) is 12.2 Å². The number of rotatable bonds is 5. The van der Waals surface area contributed by atoms with Crippen LogP contribution in [-0.2, 0) is 13.0 Å². The standard InChI is InChI=1S/C11H15BrN4O/c1-2-4-16-10(14-7-15-16)6-9(13)8-3-5-17-11(8)12/h3,5,7,9H,2,4,6,13H2,1H3. The number of hydrogen-bond acceptors (Lipinski definition) is 4. The van der Waals surface area contributed by atoms with Gasteiger partial charge in [0.2, 0.25) is 0 Å². The number of furan rings is 1. The van der Waals surface area contributed by atoms with E-state index in [1.165, 1.54) is 0 Å². The van der Waals surface area contributed by atoms with Crippen LogP contribution >= 0.6 is 15.9 Å². The molecule has 0 aliphatic heterocycles. The lowest BCUT2D eigenvalue weighted by atomic mass is 10.1. The van der Waals surface area contributed by atoms with Gasteiger partial charge < -0.3 is 10.2 Å². The monoisotopic (exact) mass is 298 g/mol. The fourth-order valence-corrected chi connectivity index (χ4v) is 2.26. The second-order valence-corrected chi connectivity index (χ2v) is 4.58. The van der Waals surface area contributed by atoms with E-state index in [1.54, 1.807) is 12.6 Å². The van der Waals surface area contributed by atoms with Crippen LogP contribution < -0.4 is 5.73 Å². The van der Waals surface area contributed by atoms with Crippen LogP contribution in [0.25, 0.3) is 0 Å². The van der Waals surface area contributed by atoms with E-state index < -0.39 is 0 Å². The van der Waals surface area contributed by atoms with Crippen LogP contribution in [0.15, 0.2) is 27.7 Å². The lowest BCUT2D eigenvalue weighted by molar-refractivity contribution is 0.521. The molecule has 0 aliphatic rings. The maximum Gasteiger partial charge on any atom is 0.173 e. The van der Waals surface area contributed by atoms with Gasteiger partial charge in [-0.1, -0.05) is 6.92 Å². The lowest BCUT2D eigenvalue weighted by Gasteiger charge is -2.10. The van der Waals surface area contributed by atoms with Crippen molar-refractivity contribution >= 4 is 15.9 Å². The number of aryl methyl sites for hydroxylation is 1. The van der Waals surface area contributed by atoms with Gasteiger partial charge in [0.05, 0.1) is 6.26 Å². The van der Waals surface area contributed by atoms with Gasteiger partial charge in [0, 0.05) is 24.6 Å². The Labute approximate surface area is 108 Å². The van der Waals surface area contributed by atoms with Crippen molar-refractivity contribution in [3.8, 4) is 0 Å². The van der Waals surface area contributed by atoms with E-state index in [0.717, 1.165) is 24.4 Å². The van der Waals surface area contributed by atoms with E-state index in [9.17, 15) is 0 Å². The molecule has 1 atom stereocenters. The molecule has 2 rings (SSSR count). The predicted molar refractivity (Wildman–Crippen MR) is 67.4 cm³/mol. The quantitative estimate of drug-likeness (QED) is 0.919. The molecule has 6 heteroatoms. The van der Waals surface area contributed by atoms with E-state index in [-0.39, 0.29) is 6.04 Å². The minimum Gasteiger partial charge on any atom is -0.457 e. The molecule has 0 radical (unpaired) electrons. The van der Waals surface area contributed by atoms with Gasteiger partial charge >= 0.3 is 0 Å². The van der Waals surface area contributed by atoms with Crippen molar-refractivity contribution in [2.75, 3.05) is 0 Å². The Morgan fingerprint density at radius 2 is 2.41 bits per heavy atom. The summed E-state index contributed by atoms with van der Waals surface area (Å²) < 4.78 is 7.76.